The fourth-order valence-corrected chi connectivity index (χ4v) is 3.35. The molecule has 1 aromatic heterocycles. The van der Waals surface area contributed by atoms with Crippen LogP contribution >= 0.6 is 0 Å². The first kappa shape index (κ1) is 19.6. The number of esters is 1. The molecule has 4 aromatic rings. The van der Waals surface area contributed by atoms with Gasteiger partial charge in [0.25, 0.3) is 0 Å². The first-order valence-corrected chi connectivity index (χ1v) is 8.68. The standard InChI is InChI=1S/C21H13F4N3O2/c1-28-20-12(21(29)30-2)8-11(9-13(20)26-27-28)15-18(24)16(22)14(17(23)19(15)25)10-6-4-3-5-7-10/h3-9H,1-2H3. The van der Waals surface area contributed by atoms with Gasteiger partial charge in [-0.15, -0.1) is 5.10 Å². The van der Waals surface area contributed by atoms with E-state index in [-0.39, 0.29) is 27.7 Å². The number of fused-ring (bicyclic) bond motifs is 1. The van der Waals surface area contributed by atoms with Crippen molar-refractivity contribution in [2.75, 3.05) is 7.11 Å². The molecule has 0 aliphatic carbocycles. The van der Waals surface area contributed by atoms with Crippen molar-refractivity contribution in [1.29, 1.82) is 0 Å². The molecule has 30 heavy (non-hydrogen) atoms. The van der Waals surface area contributed by atoms with Crippen LogP contribution in [-0.2, 0) is 11.8 Å². The van der Waals surface area contributed by atoms with Gasteiger partial charge in [0, 0.05) is 7.05 Å². The zero-order chi connectivity index (χ0) is 21.6. The molecular weight excluding hydrogens is 402 g/mol. The van der Waals surface area contributed by atoms with Gasteiger partial charge in [0.1, 0.15) is 11.0 Å². The minimum absolute atomic E-state index is 0.0172. The average molecular weight is 415 g/mol. The molecule has 0 N–H and O–H groups in total. The Morgan fingerprint density at radius 3 is 2.03 bits per heavy atom. The second kappa shape index (κ2) is 7.25. The summed E-state index contributed by atoms with van der Waals surface area (Å²) in [7, 11) is 2.64. The Kier molecular flexibility index (Phi) is 4.73. The van der Waals surface area contributed by atoms with Crippen molar-refractivity contribution in [1.82, 2.24) is 15.0 Å². The molecule has 9 heteroatoms. The van der Waals surface area contributed by atoms with Gasteiger partial charge in [0.2, 0.25) is 0 Å². The Bertz CT molecular complexity index is 1270. The molecule has 0 saturated heterocycles. The largest absolute Gasteiger partial charge is 0.465 e. The van der Waals surface area contributed by atoms with E-state index in [9.17, 15) is 22.4 Å². The van der Waals surface area contributed by atoms with Crippen LogP contribution < -0.4 is 0 Å². The number of rotatable bonds is 3. The molecule has 3 aromatic carbocycles. The number of benzene rings is 3. The molecule has 4 rings (SSSR count). The molecule has 5 nitrogen and oxygen atoms in total. The van der Waals surface area contributed by atoms with Crippen molar-refractivity contribution in [3.05, 3.63) is 71.3 Å². The SMILES string of the molecule is COC(=O)c1cc(-c2c(F)c(F)c(-c3ccccc3)c(F)c2F)cc2nnn(C)c12. The zero-order valence-corrected chi connectivity index (χ0v) is 15.7. The lowest BCUT2D eigenvalue weighted by Crippen LogP contribution is -2.07. The van der Waals surface area contributed by atoms with Gasteiger partial charge >= 0.3 is 5.97 Å². The number of carbonyl (C=O) groups is 1. The third-order valence-corrected chi connectivity index (χ3v) is 4.72. The summed E-state index contributed by atoms with van der Waals surface area (Å²) in [4.78, 5) is 12.2. The predicted molar refractivity (Wildman–Crippen MR) is 101 cm³/mol. The van der Waals surface area contributed by atoms with Crippen LogP contribution in [0.2, 0.25) is 0 Å². The summed E-state index contributed by atoms with van der Waals surface area (Å²) >= 11 is 0. The highest BCUT2D eigenvalue weighted by molar-refractivity contribution is 6.04. The van der Waals surface area contributed by atoms with Crippen LogP contribution in [0.25, 0.3) is 33.3 Å². The lowest BCUT2D eigenvalue weighted by Gasteiger charge is -2.13. The van der Waals surface area contributed by atoms with E-state index >= 15 is 0 Å². The Labute approximate surface area is 167 Å². The Hall–Kier alpha value is -3.75. The number of hydrogen-bond acceptors (Lipinski definition) is 4. The smallest absolute Gasteiger partial charge is 0.340 e. The van der Waals surface area contributed by atoms with Gasteiger partial charge in [0.05, 0.1) is 23.8 Å². The van der Waals surface area contributed by atoms with E-state index in [1.54, 1.807) is 6.07 Å². The van der Waals surface area contributed by atoms with Gasteiger partial charge in [-0.3, -0.25) is 0 Å². The molecule has 0 bridgehead atoms. The number of methoxy groups -OCH3 is 1. The van der Waals surface area contributed by atoms with Crippen LogP contribution in [0.15, 0.2) is 42.5 Å². The van der Waals surface area contributed by atoms with E-state index < -0.39 is 40.4 Å². The molecule has 0 aliphatic heterocycles. The summed E-state index contributed by atoms with van der Waals surface area (Å²) in [5.74, 6) is -7.10. The van der Waals surface area contributed by atoms with E-state index in [4.69, 9.17) is 4.74 Å². The molecule has 0 saturated carbocycles. The molecule has 0 radical (unpaired) electrons. The number of ether oxygens (including phenoxy) is 1. The van der Waals surface area contributed by atoms with Crippen molar-refractivity contribution in [2.45, 2.75) is 0 Å². The maximum absolute atomic E-state index is 15.0. The van der Waals surface area contributed by atoms with Crippen molar-refractivity contribution in [3.8, 4) is 22.3 Å². The molecule has 0 amide bonds. The Morgan fingerprint density at radius 1 is 0.900 bits per heavy atom. The van der Waals surface area contributed by atoms with Crippen molar-refractivity contribution >= 4 is 17.0 Å². The summed E-state index contributed by atoms with van der Waals surface area (Å²) in [5, 5.41) is 7.59. The molecule has 0 fully saturated rings. The third kappa shape index (κ3) is 2.90. The highest BCUT2D eigenvalue weighted by Crippen LogP contribution is 2.38. The highest BCUT2D eigenvalue weighted by atomic mass is 19.2. The maximum Gasteiger partial charge on any atom is 0.340 e. The maximum atomic E-state index is 15.0. The van der Waals surface area contributed by atoms with E-state index in [1.807, 2.05) is 0 Å². The number of hydrogen-bond donors (Lipinski definition) is 0. The van der Waals surface area contributed by atoms with E-state index in [1.165, 1.54) is 42.1 Å². The van der Waals surface area contributed by atoms with Gasteiger partial charge < -0.3 is 4.74 Å². The van der Waals surface area contributed by atoms with Crippen LogP contribution in [0, 0.1) is 23.3 Å². The van der Waals surface area contributed by atoms with Crippen LogP contribution in [0.4, 0.5) is 17.6 Å². The fourth-order valence-electron chi connectivity index (χ4n) is 3.35. The second-order valence-electron chi connectivity index (χ2n) is 6.47. The number of halogens is 4. The zero-order valence-electron chi connectivity index (χ0n) is 15.7. The highest BCUT2D eigenvalue weighted by Gasteiger charge is 2.28. The van der Waals surface area contributed by atoms with E-state index in [2.05, 4.69) is 10.3 Å². The average Bonchev–Trinajstić information content (AvgIpc) is 3.13. The molecule has 0 aliphatic rings. The molecule has 0 unspecified atom stereocenters. The topological polar surface area (TPSA) is 57.0 Å². The van der Waals surface area contributed by atoms with Crippen molar-refractivity contribution in [2.24, 2.45) is 7.05 Å². The van der Waals surface area contributed by atoms with Gasteiger partial charge in [-0.2, -0.15) is 0 Å². The van der Waals surface area contributed by atoms with E-state index in [0.717, 1.165) is 13.2 Å². The second-order valence-corrected chi connectivity index (χ2v) is 6.47. The Balaban J connectivity index is 2.02. The molecular formula is C21H13F4N3O2. The first-order valence-electron chi connectivity index (χ1n) is 8.68. The Morgan fingerprint density at radius 2 is 1.47 bits per heavy atom. The summed E-state index contributed by atoms with van der Waals surface area (Å²) in [6, 6.07) is 9.52. The third-order valence-electron chi connectivity index (χ3n) is 4.72. The van der Waals surface area contributed by atoms with Crippen LogP contribution in [0.3, 0.4) is 0 Å². The molecule has 0 spiro atoms. The van der Waals surface area contributed by atoms with Gasteiger partial charge in [-0.05, 0) is 23.3 Å². The molecule has 152 valence electrons. The number of aromatic nitrogens is 3. The van der Waals surface area contributed by atoms with Crippen LogP contribution in [0.5, 0.6) is 0 Å². The van der Waals surface area contributed by atoms with Gasteiger partial charge in [-0.1, -0.05) is 35.5 Å². The summed E-state index contributed by atoms with van der Waals surface area (Å²) in [5.41, 5.74) is -1.84. The minimum atomic E-state index is -1.59. The van der Waals surface area contributed by atoms with Gasteiger partial charge in [-0.25, -0.2) is 27.0 Å². The van der Waals surface area contributed by atoms with Gasteiger partial charge in [0.15, 0.2) is 23.3 Å². The quantitative estimate of drug-likeness (QED) is 0.278. The first-order chi connectivity index (χ1) is 14.3. The fraction of sp³-hybridized carbons (Fsp3) is 0.0952. The van der Waals surface area contributed by atoms with Crippen LogP contribution in [-0.4, -0.2) is 28.1 Å². The summed E-state index contributed by atoms with van der Waals surface area (Å²) in [6.45, 7) is 0. The molecule has 0 atom stereocenters. The van der Waals surface area contributed by atoms with Crippen molar-refractivity contribution in [3.63, 3.8) is 0 Å². The summed E-state index contributed by atoms with van der Waals surface area (Å²) < 4.78 is 65.5. The normalized spacial score (nSPS) is 11.1. The number of aryl methyl sites for hydroxylation is 1. The lowest BCUT2D eigenvalue weighted by molar-refractivity contribution is 0.0602. The minimum Gasteiger partial charge on any atom is -0.465 e. The monoisotopic (exact) mass is 415 g/mol. The predicted octanol–water partition coefficient (Wildman–Crippen LogP) is 4.65. The lowest BCUT2D eigenvalue weighted by atomic mass is 9.95. The van der Waals surface area contributed by atoms with Crippen LogP contribution in [0.1, 0.15) is 10.4 Å². The number of carbonyl (C=O) groups excluding carboxylic acids is 1. The number of nitrogens with zero attached hydrogens (tertiary/aromatic N) is 3. The molecule has 1 heterocycles. The van der Waals surface area contributed by atoms with E-state index in [0.29, 0.717) is 0 Å². The van der Waals surface area contributed by atoms with Crippen molar-refractivity contribution < 1.29 is 27.1 Å². The summed E-state index contributed by atoms with van der Waals surface area (Å²) in [6.07, 6.45) is 0.